The van der Waals surface area contributed by atoms with E-state index in [2.05, 4.69) is 0 Å². The third-order valence-electron chi connectivity index (χ3n) is 3.92. The quantitative estimate of drug-likeness (QED) is 0.801. The monoisotopic (exact) mass is 370 g/mol. The fraction of sp³-hybridized carbons (Fsp3) is 0.158. The third-order valence-corrected chi connectivity index (χ3v) is 4.80. The van der Waals surface area contributed by atoms with Crippen molar-refractivity contribution in [2.75, 3.05) is 19.1 Å². The topological polar surface area (TPSA) is 82.9 Å². The minimum Gasteiger partial charge on any atom is -0.502 e. The fourth-order valence-electron chi connectivity index (χ4n) is 2.56. The van der Waals surface area contributed by atoms with Gasteiger partial charge < -0.3 is 14.6 Å². The number of phenols is 1. The van der Waals surface area contributed by atoms with Crippen molar-refractivity contribution in [1.29, 1.82) is 5.41 Å². The van der Waals surface area contributed by atoms with Crippen LogP contribution in [0, 0.1) is 12.3 Å². The Bertz CT molecular complexity index is 881. The van der Waals surface area contributed by atoms with Crippen LogP contribution in [-0.4, -0.2) is 30.4 Å². The van der Waals surface area contributed by atoms with Gasteiger partial charge in [0.15, 0.2) is 16.7 Å². The van der Waals surface area contributed by atoms with E-state index in [0.717, 1.165) is 17.3 Å². The summed E-state index contributed by atoms with van der Waals surface area (Å²) in [7, 11) is 2.88. The number of hydrogen-bond donors (Lipinski definition) is 2. The molecule has 2 aromatic rings. The standard InChI is InChI=1S/C19H18N2O4S/c1-11-4-6-13(7-5-11)21-18(23)16(26-19(21)20)10-12-8-14(24-2)17(22)15(9-12)25-3/h4-10,20,22H,1-3H3/b16-10-,20-19?. The Hall–Kier alpha value is -2.93. The summed E-state index contributed by atoms with van der Waals surface area (Å²) in [6.45, 7) is 1.96. The summed E-state index contributed by atoms with van der Waals surface area (Å²) in [5.74, 6) is 0.126. The van der Waals surface area contributed by atoms with Crippen LogP contribution in [0.3, 0.4) is 0 Å². The predicted molar refractivity (Wildman–Crippen MR) is 103 cm³/mol. The Labute approximate surface area is 155 Å². The van der Waals surface area contributed by atoms with Crippen molar-refractivity contribution >= 4 is 34.6 Å². The van der Waals surface area contributed by atoms with Crippen molar-refractivity contribution in [3.63, 3.8) is 0 Å². The molecule has 0 bridgehead atoms. The minimum absolute atomic E-state index is 0.100. The number of methoxy groups -OCH3 is 2. The predicted octanol–water partition coefficient (Wildman–Crippen LogP) is 3.77. The Morgan fingerprint density at radius 2 is 1.69 bits per heavy atom. The zero-order chi connectivity index (χ0) is 18.8. The van der Waals surface area contributed by atoms with Crippen molar-refractivity contribution in [3.05, 3.63) is 52.4 Å². The molecule has 1 aliphatic heterocycles. The number of amides is 1. The number of anilines is 1. The first-order chi connectivity index (χ1) is 12.4. The van der Waals surface area contributed by atoms with Crippen LogP contribution >= 0.6 is 11.8 Å². The van der Waals surface area contributed by atoms with Crippen molar-refractivity contribution in [2.24, 2.45) is 0 Å². The third kappa shape index (κ3) is 3.25. The van der Waals surface area contributed by atoms with Gasteiger partial charge in [0.1, 0.15) is 0 Å². The van der Waals surface area contributed by atoms with E-state index in [9.17, 15) is 9.90 Å². The van der Waals surface area contributed by atoms with Crippen LogP contribution in [0.4, 0.5) is 5.69 Å². The van der Waals surface area contributed by atoms with Crippen LogP contribution in [0.5, 0.6) is 17.2 Å². The normalized spacial score (nSPS) is 15.7. The maximum Gasteiger partial charge on any atom is 0.271 e. The number of aromatic hydroxyl groups is 1. The molecule has 1 heterocycles. The first-order valence-corrected chi connectivity index (χ1v) is 8.60. The number of hydrogen-bond acceptors (Lipinski definition) is 6. The molecule has 2 N–H and O–H groups in total. The summed E-state index contributed by atoms with van der Waals surface area (Å²) in [6, 6.07) is 10.7. The molecular formula is C19H18N2O4S. The number of aryl methyl sites for hydroxylation is 1. The lowest BCUT2D eigenvalue weighted by molar-refractivity contribution is -0.113. The van der Waals surface area contributed by atoms with Crippen molar-refractivity contribution in [1.82, 2.24) is 0 Å². The molecule has 0 unspecified atom stereocenters. The second-order valence-corrected chi connectivity index (χ2v) is 6.70. The second-order valence-electron chi connectivity index (χ2n) is 5.67. The highest BCUT2D eigenvalue weighted by Crippen LogP contribution is 2.40. The molecule has 0 atom stereocenters. The molecule has 0 spiro atoms. The lowest BCUT2D eigenvalue weighted by atomic mass is 10.1. The van der Waals surface area contributed by atoms with Crippen LogP contribution in [-0.2, 0) is 4.79 Å². The van der Waals surface area contributed by atoms with Crippen molar-refractivity contribution in [3.8, 4) is 17.2 Å². The number of rotatable bonds is 4. The lowest BCUT2D eigenvalue weighted by Gasteiger charge is -2.14. The molecule has 6 nitrogen and oxygen atoms in total. The minimum atomic E-state index is -0.269. The number of carbonyl (C=O) groups excluding carboxylic acids is 1. The van der Waals surface area contributed by atoms with Gasteiger partial charge in [-0.1, -0.05) is 17.7 Å². The Balaban J connectivity index is 1.97. The molecule has 1 saturated heterocycles. The maximum absolute atomic E-state index is 12.8. The van der Waals surface area contributed by atoms with E-state index in [4.69, 9.17) is 14.9 Å². The number of nitrogens with zero attached hydrogens (tertiary/aromatic N) is 1. The van der Waals surface area contributed by atoms with Gasteiger partial charge in [0.2, 0.25) is 5.75 Å². The van der Waals surface area contributed by atoms with Gasteiger partial charge in [0, 0.05) is 0 Å². The lowest BCUT2D eigenvalue weighted by Crippen LogP contribution is -2.28. The molecule has 3 rings (SSSR count). The highest BCUT2D eigenvalue weighted by molar-refractivity contribution is 8.19. The highest BCUT2D eigenvalue weighted by Gasteiger charge is 2.33. The number of ether oxygens (including phenoxy) is 2. The zero-order valence-corrected chi connectivity index (χ0v) is 15.4. The number of thioether (sulfide) groups is 1. The van der Waals surface area contributed by atoms with Gasteiger partial charge in [-0.2, -0.15) is 0 Å². The molecule has 26 heavy (non-hydrogen) atoms. The Morgan fingerprint density at radius 1 is 1.12 bits per heavy atom. The van der Waals surface area contributed by atoms with E-state index in [0.29, 0.717) is 16.2 Å². The summed E-state index contributed by atoms with van der Waals surface area (Å²) < 4.78 is 10.3. The summed E-state index contributed by atoms with van der Waals surface area (Å²) in [5, 5.41) is 18.3. The first-order valence-electron chi connectivity index (χ1n) is 7.78. The number of benzene rings is 2. The molecule has 0 saturated carbocycles. The largest absolute Gasteiger partial charge is 0.502 e. The number of carbonyl (C=O) groups is 1. The average molecular weight is 370 g/mol. The molecule has 134 valence electrons. The Morgan fingerprint density at radius 3 is 2.23 bits per heavy atom. The number of phenolic OH excluding ortho intramolecular Hbond substituents is 1. The van der Waals surface area contributed by atoms with Gasteiger partial charge >= 0.3 is 0 Å². The molecule has 1 fully saturated rings. The van der Waals surface area contributed by atoms with Crippen LogP contribution in [0.15, 0.2) is 41.3 Å². The van der Waals surface area contributed by atoms with Crippen molar-refractivity contribution in [2.45, 2.75) is 6.92 Å². The van der Waals surface area contributed by atoms with Gasteiger partial charge in [-0.05, 0) is 54.6 Å². The second kappa shape index (κ2) is 7.13. The maximum atomic E-state index is 12.8. The molecule has 0 aliphatic carbocycles. The van der Waals surface area contributed by atoms with Crippen LogP contribution in [0.25, 0.3) is 6.08 Å². The molecule has 1 aliphatic rings. The smallest absolute Gasteiger partial charge is 0.271 e. The SMILES string of the molecule is COc1cc(/C=C2\SC(=N)N(c3ccc(C)cc3)C2=O)cc(OC)c1O. The zero-order valence-electron chi connectivity index (χ0n) is 14.6. The summed E-state index contributed by atoms with van der Waals surface area (Å²) in [5.41, 5.74) is 2.37. The van der Waals surface area contributed by atoms with E-state index >= 15 is 0 Å². The highest BCUT2D eigenvalue weighted by atomic mass is 32.2. The number of amidine groups is 1. The van der Waals surface area contributed by atoms with Crippen molar-refractivity contribution < 1.29 is 19.4 Å². The summed E-state index contributed by atoms with van der Waals surface area (Å²) in [4.78, 5) is 14.5. The molecule has 0 radical (unpaired) electrons. The summed E-state index contributed by atoms with van der Waals surface area (Å²) >= 11 is 1.08. The van der Waals surface area contributed by atoms with Gasteiger partial charge in [-0.15, -0.1) is 0 Å². The van der Waals surface area contributed by atoms with Gasteiger partial charge in [-0.25, -0.2) is 0 Å². The Kier molecular flexibility index (Phi) is 4.90. The molecule has 0 aromatic heterocycles. The van der Waals surface area contributed by atoms with E-state index in [1.165, 1.54) is 19.1 Å². The fourth-order valence-corrected chi connectivity index (χ4v) is 3.43. The van der Waals surface area contributed by atoms with E-state index in [1.54, 1.807) is 18.2 Å². The van der Waals surface area contributed by atoms with Crippen LogP contribution in [0.1, 0.15) is 11.1 Å². The van der Waals surface area contributed by atoms with E-state index in [-0.39, 0.29) is 28.3 Å². The molecule has 1 amide bonds. The van der Waals surface area contributed by atoms with Gasteiger partial charge in [0.25, 0.3) is 5.91 Å². The van der Waals surface area contributed by atoms with Crippen LogP contribution in [0.2, 0.25) is 0 Å². The average Bonchev–Trinajstić information content (AvgIpc) is 2.90. The number of nitrogens with one attached hydrogen (secondary N) is 1. The van der Waals surface area contributed by atoms with Gasteiger partial charge in [-0.3, -0.25) is 15.1 Å². The van der Waals surface area contributed by atoms with Crippen LogP contribution < -0.4 is 14.4 Å². The molecular weight excluding hydrogens is 352 g/mol. The summed E-state index contributed by atoms with van der Waals surface area (Å²) in [6.07, 6.45) is 1.65. The van der Waals surface area contributed by atoms with E-state index in [1.807, 2.05) is 31.2 Å². The van der Waals surface area contributed by atoms with Gasteiger partial charge in [0.05, 0.1) is 24.8 Å². The first kappa shape index (κ1) is 17.9. The molecule has 7 heteroatoms. The van der Waals surface area contributed by atoms with E-state index < -0.39 is 0 Å². The molecule has 2 aromatic carbocycles.